The Morgan fingerprint density at radius 3 is 2.53 bits per heavy atom. The molecule has 3 fully saturated rings. The summed E-state index contributed by atoms with van der Waals surface area (Å²) in [5.41, 5.74) is 0.500. The van der Waals surface area contributed by atoms with E-state index in [4.69, 9.17) is 0 Å². The molecule has 1 saturated heterocycles. The van der Waals surface area contributed by atoms with Crippen LogP contribution in [0.1, 0.15) is 71.1 Å². The molecule has 0 bridgehead atoms. The summed E-state index contributed by atoms with van der Waals surface area (Å²) in [5.74, 6) is 0.996. The summed E-state index contributed by atoms with van der Waals surface area (Å²) in [6.45, 7) is 6.27. The van der Waals surface area contributed by atoms with E-state index in [1.54, 1.807) is 0 Å². The summed E-state index contributed by atoms with van der Waals surface area (Å²) in [6.07, 6.45) is 14.5. The van der Waals surface area contributed by atoms with Gasteiger partial charge >= 0.3 is 0 Å². The first-order chi connectivity index (χ1) is 9.33. The van der Waals surface area contributed by atoms with Gasteiger partial charge in [0.05, 0.1) is 0 Å². The summed E-state index contributed by atoms with van der Waals surface area (Å²) in [7, 11) is 0. The van der Waals surface area contributed by atoms with Gasteiger partial charge in [0.25, 0.3) is 0 Å². The van der Waals surface area contributed by atoms with Crippen LogP contribution >= 0.6 is 0 Å². The van der Waals surface area contributed by atoms with Gasteiger partial charge in [-0.3, -0.25) is 4.90 Å². The van der Waals surface area contributed by atoms with E-state index in [1.165, 1.54) is 83.8 Å². The van der Waals surface area contributed by atoms with Crippen molar-refractivity contribution in [1.82, 2.24) is 10.2 Å². The number of nitrogens with one attached hydrogen (secondary N) is 1. The smallest absolute Gasteiger partial charge is 0.0309 e. The Balaban J connectivity index is 1.64. The number of hydrogen-bond donors (Lipinski definition) is 1. The SMILES string of the molecule is CCC(C1CCCCC1)N1CCNC2(CCCC2)C1. The van der Waals surface area contributed by atoms with Crippen molar-refractivity contribution in [1.29, 1.82) is 0 Å². The molecular formula is C17H32N2. The Morgan fingerprint density at radius 1 is 1.11 bits per heavy atom. The quantitative estimate of drug-likeness (QED) is 0.838. The summed E-state index contributed by atoms with van der Waals surface area (Å²) in [5, 5.41) is 3.86. The molecular weight excluding hydrogens is 232 g/mol. The zero-order valence-corrected chi connectivity index (χ0v) is 12.8. The normalized spacial score (nSPS) is 30.8. The van der Waals surface area contributed by atoms with Crippen LogP contribution in [0.2, 0.25) is 0 Å². The lowest BCUT2D eigenvalue weighted by Crippen LogP contribution is -2.62. The van der Waals surface area contributed by atoms with Crippen LogP contribution in [0.5, 0.6) is 0 Å². The second kappa shape index (κ2) is 6.13. The number of nitrogens with zero attached hydrogens (tertiary/aromatic N) is 1. The van der Waals surface area contributed by atoms with E-state index < -0.39 is 0 Å². The zero-order valence-electron chi connectivity index (χ0n) is 12.8. The number of rotatable bonds is 3. The predicted octanol–water partition coefficient (Wildman–Crippen LogP) is 3.56. The van der Waals surface area contributed by atoms with Crippen LogP contribution < -0.4 is 5.32 Å². The van der Waals surface area contributed by atoms with Crippen molar-refractivity contribution in [3.05, 3.63) is 0 Å². The molecule has 1 N–H and O–H groups in total. The maximum Gasteiger partial charge on any atom is 0.0309 e. The highest BCUT2D eigenvalue weighted by Crippen LogP contribution is 2.36. The summed E-state index contributed by atoms with van der Waals surface area (Å²) in [4.78, 5) is 2.87. The predicted molar refractivity (Wildman–Crippen MR) is 81.4 cm³/mol. The second-order valence-corrected chi connectivity index (χ2v) is 7.26. The highest BCUT2D eigenvalue weighted by Gasteiger charge is 2.40. The molecule has 1 unspecified atom stereocenters. The highest BCUT2D eigenvalue weighted by atomic mass is 15.2. The first kappa shape index (κ1) is 13.9. The standard InChI is InChI=1S/C17H32N2/c1-2-16(15-8-4-3-5-9-15)19-13-12-18-17(14-19)10-6-7-11-17/h15-16,18H,2-14H2,1H3. The van der Waals surface area contributed by atoms with Gasteiger partial charge in [0.1, 0.15) is 0 Å². The van der Waals surface area contributed by atoms with Gasteiger partial charge in [-0.1, -0.05) is 39.0 Å². The Hall–Kier alpha value is -0.0800. The van der Waals surface area contributed by atoms with E-state index in [-0.39, 0.29) is 0 Å². The second-order valence-electron chi connectivity index (χ2n) is 7.26. The van der Waals surface area contributed by atoms with Crippen molar-refractivity contribution >= 4 is 0 Å². The molecule has 1 spiro atoms. The average molecular weight is 264 g/mol. The molecule has 0 aromatic heterocycles. The molecule has 1 aliphatic heterocycles. The first-order valence-corrected chi connectivity index (χ1v) is 8.82. The average Bonchev–Trinajstić information content (AvgIpc) is 2.89. The Bertz CT molecular complexity index is 277. The monoisotopic (exact) mass is 264 g/mol. The van der Waals surface area contributed by atoms with E-state index in [1.807, 2.05) is 0 Å². The van der Waals surface area contributed by atoms with Gasteiger partial charge in [-0.15, -0.1) is 0 Å². The fraction of sp³-hybridized carbons (Fsp3) is 1.00. The molecule has 110 valence electrons. The Labute approximate surface area is 119 Å². The minimum atomic E-state index is 0.500. The van der Waals surface area contributed by atoms with Crippen LogP contribution in [0.3, 0.4) is 0 Å². The van der Waals surface area contributed by atoms with Gasteiger partial charge in [0.15, 0.2) is 0 Å². The van der Waals surface area contributed by atoms with Gasteiger partial charge in [0, 0.05) is 31.2 Å². The van der Waals surface area contributed by atoms with Gasteiger partial charge in [0.2, 0.25) is 0 Å². The minimum absolute atomic E-state index is 0.500. The first-order valence-electron chi connectivity index (χ1n) is 8.82. The lowest BCUT2D eigenvalue weighted by Gasteiger charge is -2.47. The summed E-state index contributed by atoms with van der Waals surface area (Å²) >= 11 is 0. The molecule has 2 heteroatoms. The maximum absolute atomic E-state index is 3.86. The highest BCUT2D eigenvalue weighted by molar-refractivity contribution is 5.00. The Morgan fingerprint density at radius 2 is 1.84 bits per heavy atom. The van der Waals surface area contributed by atoms with Crippen LogP contribution in [0, 0.1) is 5.92 Å². The van der Waals surface area contributed by atoms with Crippen LogP contribution in [0.25, 0.3) is 0 Å². The molecule has 0 aromatic carbocycles. The fourth-order valence-corrected chi connectivity index (χ4v) is 5.07. The third-order valence-electron chi connectivity index (χ3n) is 6.05. The molecule has 1 heterocycles. The lowest BCUT2D eigenvalue weighted by atomic mass is 9.81. The molecule has 19 heavy (non-hydrogen) atoms. The van der Waals surface area contributed by atoms with Gasteiger partial charge in [-0.25, -0.2) is 0 Å². The topological polar surface area (TPSA) is 15.3 Å². The third kappa shape index (κ3) is 3.00. The minimum Gasteiger partial charge on any atom is -0.309 e. The molecule has 0 aromatic rings. The molecule has 2 nitrogen and oxygen atoms in total. The Kier molecular flexibility index (Phi) is 4.48. The maximum atomic E-state index is 3.86. The molecule has 2 saturated carbocycles. The summed E-state index contributed by atoms with van der Waals surface area (Å²) in [6, 6.07) is 0.875. The van der Waals surface area contributed by atoms with Gasteiger partial charge < -0.3 is 5.32 Å². The van der Waals surface area contributed by atoms with Crippen LogP contribution in [0.4, 0.5) is 0 Å². The van der Waals surface area contributed by atoms with E-state index >= 15 is 0 Å². The fourth-order valence-electron chi connectivity index (χ4n) is 5.07. The number of piperazine rings is 1. The van der Waals surface area contributed by atoms with Crippen molar-refractivity contribution in [2.24, 2.45) is 5.92 Å². The molecule has 0 radical (unpaired) electrons. The van der Waals surface area contributed by atoms with Gasteiger partial charge in [-0.05, 0) is 38.0 Å². The third-order valence-corrected chi connectivity index (χ3v) is 6.05. The zero-order chi connectivity index (χ0) is 13.1. The lowest BCUT2D eigenvalue weighted by molar-refractivity contribution is 0.0520. The van der Waals surface area contributed by atoms with E-state index in [0.29, 0.717) is 5.54 Å². The van der Waals surface area contributed by atoms with Crippen LogP contribution in [-0.2, 0) is 0 Å². The van der Waals surface area contributed by atoms with Crippen molar-refractivity contribution in [2.75, 3.05) is 19.6 Å². The number of hydrogen-bond acceptors (Lipinski definition) is 2. The van der Waals surface area contributed by atoms with Crippen LogP contribution in [0.15, 0.2) is 0 Å². The van der Waals surface area contributed by atoms with E-state index in [0.717, 1.165) is 12.0 Å². The van der Waals surface area contributed by atoms with Crippen molar-refractivity contribution in [3.8, 4) is 0 Å². The van der Waals surface area contributed by atoms with Crippen molar-refractivity contribution in [3.63, 3.8) is 0 Å². The summed E-state index contributed by atoms with van der Waals surface area (Å²) < 4.78 is 0. The van der Waals surface area contributed by atoms with Gasteiger partial charge in [-0.2, -0.15) is 0 Å². The van der Waals surface area contributed by atoms with E-state index in [9.17, 15) is 0 Å². The molecule has 1 atom stereocenters. The van der Waals surface area contributed by atoms with Crippen LogP contribution in [-0.4, -0.2) is 36.1 Å². The van der Waals surface area contributed by atoms with Crippen molar-refractivity contribution in [2.45, 2.75) is 82.7 Å². The molecule has 0 amide bonds. The largest absolute Gasteiger partial charge is 0.309 e. The molecule has 3 aliphatic rings. The van der Waals surface area contributed by atoms with E-state index in [2.05, 4.69) is 17.1 Å². The molecule has 2 aliphatic carbocycles. The molecule has 3 rings (SSSR count). The van der Waals surface area contributed by atoms with Crippen molar-refractivity contribution < 1.29 is 0 Å².